The van der Waals surface area contributed by atoms with E-state index in [1.54, 1.807) is 0 Å². The van der Waals surface area contributed by atoms with E-state index in [0.717, 1.165) is 51.4 Å². The lowest BCUT2D eigenvalue weighted by Gasteiger charge is -2.31. The van der Waals surface area contributed by atoms with Crippen LogP contribution in [0, 0.1) is 11.8 Å². The molecule has 0 saturated heterocycles. The maximum absolute atomic E-state index is 11.5. The summed E-state index contributed by atoms with van der Waals surface area (Å²) in [6, 6.07) is 0. The Morgan fingerprint density at radius 3 is 1.58 bits per heavy atom. The van der Waals surface area contributed by atoms with Crippen molar-refractivity contribution in [2.75, 3.05) is 19.6 Å². The average Bonchev–Trinajstić information content (AvgIpc) is 2.57. The van der Waals surface area contributed by atoms with Crippen LogP contribution in [0.5, 0.6) is 0 Å². The van der Waals surface area contributed by atoms with Crippen LogP contribution in [0.4, 0.5) is 0 Å². The molecule has 0 rings (SSSR count). The largest absolute Gasteiger partial charge is 0.480 e. The van der Waals surface area contributed by atoms with E-state index in [2.05, 4.69) is 27.7 Å². The fraction of sp³-hybridized carbons (Fsp3) is 0.947. The number of carboxylic acid groups (broad SMARTS) is 1. The molecule has 7 heteroatoms. The fourth-order valence-corrected chi connectivity index (χ4v) is 3.98. The van der Waals surface area contributed by atoms with Crippen LogP contribution in [0.15, 0.2) is 0 Å². The summed E-state index contributed by atoms with van der Waals surface area (Å²) < 4.78 is 32.3. The predicted octanol–water partition coefficient (Wildman–Crippen LogP) is 4.06. The van der Waals surface area contributed by atoms with Gasteiger partial charge in [0.15, 0.2) is 5.25 Å². The van der Waals surface area contributed by atoms with Gasteiger partial charge in [-0.15, -0.1) is 0 Å². The third kappa shape index (κ3) is 10.5. The summed E-state index contributed by atoms with van der Waals surface area (Å²) in [5.74, 6) is -0.662. The van der Waals surface area contributed by atoms with Gasteiger partial charge in [-0.05, 0) is 24.7 Å². The van der Waals surface area contributed by atoms with Gasteiger partial charge in [0.25, 0.3) is 10.1 Å². The van der Waals surface area contributed by atoms with E-state index < -0.39 is 21.3 Å². The van der Waals surface area contributed by atoms with Gasteiger partial charge in [0.05, 0.1) is 0 Å². The minimum absolute atomic E-state index is 0.153. The number of unbranched alkanes of at least 4 members (excludes halogenated alkanes) is 2. The van der Waals surface area contributed by atoms with Crippen LogP contribution in [0.25, 0.3) is 0 Å². The SMILES string of the molecule is CCCCC(CC)CN(CC(CC)CCCC)CC(C(=O)O)S(=O)(=O)O. The lowest BCUT2D eigenvalue weighted by atomic mass is 9.95. The van der Waals surface area contributed by atoms with Gasteiger partial charge in [-0.1, -0.05) is 66.2 Å². The third-order valence-corrected chi connectivity index (χ3v) is 6.25. The van der Waals surface area contributed by atoms with Crippen LogP contribution in [0.1, 0.15) is 79.1 Å². The molecule has 0 amide bonds. The zero-order valence-corrected chi connectivity index (χ0v) is 17.8. The van der Waals surface area contributed by atoms with Gasteiger partial charge in [-0.25, -0.2) is 0 Å². The number of aliphatic carboxylic acids is 1. The normalized spacial score (nSPS) is 15.8. The summed E-state index contributed by atoms with van der Waals surface area (Å²) in [6.07, 6.45) is 8.50. The molecule has 0 fully saturated rings. The number of hydrogen-bond acceptors (Lipinski definition) is 4. The topological polar surface area (TPSA) is 94.9 Å². The Balaban J connectivity index is 5.25. The molecule has 0 aliphatic heterocycles. The lowest BCUT2D eigenvalue weighted by molar-refractivity contribution is -0.137. The summed E-state index contributed by atoms with van der Waals surface area (Å²) >= 11 is 0. The van der Waals surface area contributed by atoms with E-state index in [4.69, 9.17) is 0 Å². The Labute approximate surface area is 160 Å². The summed E-state index contributed by atoms with van der Waals surface area (Å²) in [7, 11) is -4.62. The molecule has 26 heavy (non-hydrogen) atoms. The highest BCUT2D eigenvalue weighted by molar-refractivity contribution is 7.87. The molecule has 0 radical (unpaired) electrons. The molecule has 0 aliphatic rings. The van der Waals surface area contributed by atoms with Gasteiger partial charge < -0.3 is 10.0 Å². The second kappa shape index (κ2) is 13.5. The highest BCUT2D eigenvalue weighted by Crippen LogP contribution is 2.20. The Hall–Kier alpha value is -0.660. The summed E-state index contributed by atoms with van der Waals surface area (Å²) in [5, 5.41) is 7.47. The zero-order valence-electron chi connectivity index (χ0n) is 17.0. The molecule has 3 unspecified atom stereocenters. The zero-order chi connectivity index (χ0) is 20.2. The first-order valence-corrected chi connectivity index (χ1v) is 11.6. The molecule has 3 atom stereocenters. The minimum Gasteiger partial charge on any atom is -0.480 e. The van der Waals surface area contributed by atoms with Gasteiger partial charge in [-0.3, -0.25) is 9.35 Å². The Morgan fingerprint density at radius 2 is 1.31 bits per heavy atom. The van der Waals surface area contributed by atoms with Gasteiger partial charge >= 0.3 is 5.97 Å². The van der Waals surface area contributed by atoms with Crippen molar-refractivity contribution in [1.29, 1.82) is 0 Å². The number of hydrogen-bond donors (Lipinski definition) is 2. The Bertz CT molecular complexity index is 462. The molecule has 6 nitrogen and oxygen atoms in total. The maximum Gasteiger partial charge on any atom is 0.325 e. The van der Waals surface area contributed by atoms with Crippen LogP contribution < -0.4 is 0 Å². The van der Waals surface area contributed by atoms with E-state index in [-0.39, 0.29) is 6.54 Å². The van der Waals surface area contributed by atoms with Crippen LogP contribution in [-0.4, -0.2) is 53.8 Å². The van der Waals surface area contributed by atoms with Crippen molar-refractivity contribution >= 4 is 16.1 Å². The molecular formula is C19H39NO5S. The van der Waals surface area contributed by atoms with Crippen LogP contribution in [0.2, 0.25) is 0 Å². The molecule has 0 aliphatic carbocycles. The Morgan fingerprint density at radius 1 is 0.885 bits per heavy atom. The smallest absolute Gasteiger partial charge is 0.325 e. The maximum atomic E-state index is 11.5. The predicted molar refractivity (Wildman–Crippen MR) is 106 cm³/mol. The molecule has 2 N–H and O–H groups in total. The standard InChI is InChI=1S/C19H39NO5S/c1-5-9-11-16(7-3)13-20(14-17(8-4)12-10-6-2)15-18(19(21)22)26(23,24)25/h16-18H,5-15H2,1-4H3,(H,21,22)(H,23,24,25). The molecule has 0 spiro atoms. The quantitative estimate of drug-likeness (QED) is 0.384. The fourth-order valence-electron chi connectivity index (χ4n) is 3.32. The van der Waals surface area contributed by atoms with E-state index in [1.165, 1.54) is 0 Å². The van der Waals surface area contributed by atoms with Crippen molar-refractivity contribution in [1.82, 2.24) is 4.90 Å². The van der Waals surface area contributed by atoms with Crippen molar-refractivity contribution in [2.45, 2.75) is 84.3 Å². The molecule has 0 aromatic rings. The van der Waals surface area contributed by atoms with Crippen molar-refractivity contribution in [3.63, 3.8) is 0 Å². The highest BCUT2D eigenvalue weighted by atomic mass is 32.2. The molecule has 0 aromatic heterocycles. The average molecular weight is 394 g/mol. The summed E-state index contributed by atoms with van der Waals surface area (Å²) in [4.78, 5) is 13.3. The van der Waals surface area contributed by atoms with Crippen molar-refractivity contribution in [3.05, 3.63) is 0 Å². The first kappa shape index (κ1) is 25.3. The van der Waals surface area contributed by atoms with Gasteiger partial charge in [0.1, 0.15) is 0 Å². The Kier molecular flexibility index (Phi) is 13.2. The first-order valence-electron chi connectivity index (χ1n) is 10.1. The van der Waals surface area contributed by atoms with E-state index in [1.807, 2.05) is 4.90 Å². The van der Waals surface area contributed by atoms with Crippen molar-refractivity contribution in [3.8, 4) is 0 Å². The first-order chi connectivity index (χ1) is 12.2. The van der Waals surface area contributed by atoms with Gasteiger partial charge in [-0.2, -0.15) is 8.42 Å². The van der Waals surface area contributed by atoms with Gasteiger partial charge in [0, 0.05) is 19.6 Å². The monoisotopic (exact) mass is 393 g/mol. The van der Waals surface area contributed by atoms with Gasteiger partial charge in [0.2, 0.25) is 0 Å². The van der Waals surface area contributed by atoms with Crippen LogP contribution in [0.3, 0.4) is 0 Å². The molecule has 0 heterocycles. The summed E-state index contributed by atoms with van der Waals surface area (Å²) in [6.45, 7) is 9.72. The molecule has 156 valence electrons. The van der Waals surface area contributed by atoms with E-state index >= 15 is 0 Å². The minimum atomic E-state index is -4.62. The number of nitrogens with zero attached hydrogens (tertiary/aromatic N) is 1. The van der Waals surface area contributed by atoms with E-state index in [9.17, 15) is 22.9 Å². The van der Waals surface area contributed by atoms with Crippen LogP contribution in [-0.2, 0) is 14.9 Å². The lowest BCUT2D eigenvalue weighted by Crippen LogP contribution is -2.45. The number of carboxylic acids is 1. The van der Waals surface area contributed by atoms with Crippen molar-refractivity contribution in [2.24, 2.45) is 11.8 Å². The van der Waals surface area contributed by atoms with E-state index in [0.29, 0.717) is 24.9 Å². The second-order valence-electron chi connectivity index (χ2n) is 7.39. The third-order valence-electron chi connectivity index (χ3n) is 5.18. The number of rotatable bonds is 16. The molecular weight excluding hydrogens is 354 g/mol. The molecule has 0 saturated carbocycles. The second-order valence-corrected chi connectivity index (χ2v) is 8.99. The summed E-state index contributed by atoms with van der Waals surface area (Å²) in [5.41, 5.74) is 0. The van der Waals surface area contributed by atoms with Crippen molar-refractivity contribution < 1.29 is 22.9 Å². The highest BCUT2D eigenvalue weighted by Gasteiger charge is 2.33. The molecule has 0 aromatic carbocycles. The molecule has 0 bridgehead atoms. The van der Waals surface area contributed by atoms with Crippen LogP contribution >= 0.6 is 0 Å². The number of carbonyl (C=O) groups is 1.